The van der Waals surface area contributed by atoms with Gasteiger partial charge in [-0.3, -0.25) is 9.36 Å². The molecule has 1 unspecified atom stereocenters. The molecular formula is C13H17BrN4O2. The fraction of sp³-hybridized carbons (Fsp3) is 0.538. The van der Waals surface area contributed by atoms with Crippen LogP contribution in [0.25, 0.3) is 0 Å². The first kappa shape index (κ1) is 13.6. The van der Waals surface area contributed by atoms with Crippen LogP contribution in [0.15, 0.2) is 17.0 Å². The second kappa shape index (κ2) is 5.21. The molecule has 2 aromatic heterocycles. The quantitative estimate of drug-likeness (QED) is 0.904. The molecule has 0 radical (unpaired) electrons. The van der Waals surface area contributed by atoms with Gasteiger partial charge in [0, 0.05) is 31.5 Å². The zero-order valence-electron chi connectivity index (χ0n) is 11.5. The van der Waals surface area contributed by atoms with Gasteiger partial charge in [0.15, 0.2) is 0 Å². The van der Waals surface area contributed by atoms with Gasteiger partial charge in [0.05, 0.1) is 5.56 Å². The molecule has 1 atom stereocenters. The fourth-order valence-corrected chi connectivity index (χ4v) is 2.60. The van der Waals surface area contributed by atoms with Crippen LogP contribution in [0.2, 0.25) is 0 Å². The predicted octanol–water partition coefficient (Wildman–Crippen LogP) is 2.02. The molecule has 108 valence electrons. The van der Waals surface area contributed by atoms with E-state index in [9.17, 15) is 5.11 Å². The maximum atomic E-state index is 10.6. The minimum Gasteiger partial charge on any atom is -0.473 e. The number of aliphatic hydroxyl groups excluding tert-OH is 1. The normalized spacial score (nSPS) is 16.4. The molecule has 0 aliphatic heterocycles. The van der Waals surface area contributed by atoms with Crippen molar-refractivity contribution in [3.63, 3.8) is 0 Å². The highest BCUT2D eigenvalue weighted by molar-refractivity contribution is 9.10. The predicted molar refractivity (Wildman–Crippen MR) is 76.5 cm³/mol. The zero-order chi connectivity index (χ0) is 14.3. The third kappa shape index (κ3) is 2.60. The lowest BCUT2D eigenvalue weighted by Crippen LogP contribution is -2.04. The fourth-order valence-electron chi connectivity index (χ4n) is 2.03. The van der Waals surface area contributed by atoms with Gasteiger partial charge in [-0.1, -0.05) is 0 Å². The van der Waals surface area contributed by atoms with Crippen LogP contribution in [0.5, 0.6) is 5.88 Å². The largest absolute Gasteiger partial charge is 0.473 e. The van der Waals surface area contributed by atoms with Gasteiger partial charge in [-0.2, -0.15) is 5.10 Å². The first-order chi connectivity index (χ1) is 9.58. The lowest BCUT2D eigenvalue weighted by atomic mass is 10.1. The van der Waals surface area contributed by atoms with E-state index in [1.54, 1.807) is 15.6 Å². The molecule has 2 aromatic rings. The standard InChI is InChI=1S/C13H17BrN4O2/c1-3-18-7-10(13(16-18)20-8-4-5-8)11(19)9-6-17(2)15-12(9)14/h6-8,11,19H,3-5H2,1-2H3. The van der Waals surface area contributed by atoms with E-state index in [2.05, 4.69) is 26.1 Å². The maximum Gasteiger partial charge on any atom is 0.239 e. The molecule has 0 bridgehead atoms. The summed E-state index contributed by atoms with van der Waals surface area (Å²) < 4.78 is 9.87. The molecule has 0 saturated heterocycles. The number of aliphatic hydroxyl groups is 1. The lowest BCUT2D eigenvalue weighted by molar-refractivity contribution is 0.207. The van der Waals surface area contributed by atoms with Crippen molar-refractivity contribution in [1.29, 1.82) is 0 Å². The van der Waals surface area contributed by atoms with Crippen LogP contribution < -0.4 is 4.74 Å². The number of hydrogen-bond acceptors (Lipinski definition) is 4. The molecule has 6 nitrogen and oxygen atoms in total. The average molecular weight is 341 g/mol. The highest BCUT2D eigenvalue weighted by Crippen LogP contribution is 2.35. The van der Waals surface area contributed by atoms with Crippen LogP contribution >= 0.6 is 15.9 Å². The highest BCUT2D eigenvalue weighted by Gasteiger charge is 2.29. The Morgan fingerprint density at radius 2 is 2.15 bits per heavy atom. The molecule has 20 heavy (non-hydrogen) atoms. The topological polar surface area (TPSA) is 65.1 Å². The molecule has 0 spiro atoms. The monoisotopic (exact) mass is 340 g/mol. The number of nitrogens with zero attached hydrogens (tertiary/aromatic N) is 4. The molecule has 1 N–H and O–H groups in total. The minimum absolute atomic E-state index is 0.249. The van der Waals surface area contributed by atoms with Gasteiger partial charge in [0.2, 0.25) is 5.88 Å². The highest BCUT2D eigenvalue weighted by atomic mass is 79.9. The Hall–Kier alpha value is -1.34. The second-order valence-electron chi connectivity index (χ2n) is 5.01. The van der Waals surface area contributed by atoms with Crippen molar-refractivity contribution in [2.45, 2.75) is 38.5 Å². The van der Waals surface area contributed by atoms with Gasteiger partial charge in [-0.25, -0.2) is 0 Å². The Labute approximate surface area is 125 Å². The van der Waals surface area contributed by atoms with Crippen LogP contribution in [0.1, 0.15) is 37.0 Å². The SMILES string of the molecule is CCn1cc(C(O)c2cn(C)nc2Br)c(OC2CC2)n1. The van der Waals surface area contributed by atoms with Gasteiger partial charge in [-0.15, -0.1) is 5.10 Å². The molecule has 3 rings (SSSR count). The van der Waals surface area contributed by atoms with Crippen LogP contribution in [0, 0.1) is 0 Å². The molecule has 1 aliphatic carbocycles. The Bertz CT molecular complexity index is 618. The summed E-state index contributed by atoms with van der Waals surface area (Å²) in [6.07, 6.45) is 5.20. The third-order valence-electron chi connectivity index (χ3n) is 3.28. The van der Waals surface area contributed by atoms with E-state index in [0.29, 0.717) is 21.6 Å². The van der Waals surface area contributed by atoms with Crippen molar-refractivity contribution < 1.29 is 9.84 Å². The van der Waals surface area contributed by atoms with Gasteiger partial charge in [-0.05, 0) is 35.7 Å². The van der Waals surface area contributed by atoms with E-state index >= 15 is 0 Å². The summed E-state index contributed by atoms with van der Waals surface area (Å²) in [7, 11) is 1.82. The van der Waals surface area contributed by atoms with Crippen LogP contribution in [-0.2, 0) is 13.6 Å². The summed E-state index contributed by atoms with van der Waals surface area (Å²) in [6.45, 7) is 2.74. The van der Waals surface area contributed by atoms with Crippen molar-refractivity contribution in [2.24, 2.45) is 7.05 Å². The van der Waals surface area contributed by atoms with Crippen molar-refractivity contribution in [3.8, 4) is 5.88 Å². The molecule has 2 heterocycles. The van der Waals surface area contributed by atoms with E-state index < -0.39 is 6.10 Å². The van der Waals surface area contributed by atoms with Crippen LogP contribution in [0.3, 0.4) is 0 Å². The zero-order valence-corrected chi connectivity index (χ0v) is 13.0. The molecule has 0 amide bonds. The Kier molecular flexibility index (Phi) is 3.55. The summed E-state index contributed by atoms with van der Waals surface area (Å²) in [5.41, 5.74) is 1.40. The summed E-state index contributed by atoms with van der Waals surface area (Å²) >= 11 is 3.37. The number of aryl methyl sites for hydroxylation is 2. The van der Waals surface area contributed by atoms with Crippen LogP contribution in [0.4, 0.5) is 0 Å². The van der Waals surface area contributed by atoms with Gasteiger partial charge in [0.25, 0.3) is 0 Å². The van der Waals surface area contributed by atoms with E-state index in [-0.39, 0.29) is 6.10 Å². The summed E-state index contributed by atoms with van der Waals surface area (Å²) in [5, 5.41) is 19.2. The number of rotatable bonds is 5. The molecule has 1 saturated carbocycles. The van der Waals surface area contributed by atoms with Crippen molar-refractivity contribution in [3.05, 3.63) is 28.1 Å². The van der Waals surface area contributed by atoms with Gasteiger partial charge < -0.3 is 9.84 Å². The van der Waals surface area contributed by atoms with Gasteiger partial charge in [0.1, 0.15) is 16.8 Å². The number of hydrogen-bond donors (Lipinski definition) is 1. The molecule has 1 aliphatic rings. The smallest absolute Gasteiger partial charge is 0.239 e. The van der Waals surface area contributed by atoms with Gasteiger partial charge >= 0.3 is 0 Å². The first-order valence-corrected chi connectivity index (χ1v) is 7.49. The van der Waals surface area contributed by atoms with E-state index in [1.165, 1.54) is 0 Å². The maximum absolute atomic E-state index is 10.6. The number of ether oxygens (including phenoxy) is 1. The second-order valence-corrected chi connectivity index (χ2v) is 5.77. The van der Waals surface area contributed by atoms with Crippen LogP contribution in [-0.4, -0.2) is 30.8 Å². The van der Waals surface area contributed by atoms with Crippen molar-refractivity contribution in [2.75, 3.05) is 0 Å². The summed E-state index contributed by atoms with van der Waals surface area (Å²) in [5.74, 6) is 0.526. The Morgan fingerprint density at radius 1 is 1.40 bits per heavy atom. The molecule has 0 aromatic carbocycles. The van der Waals surface area contributed by atoms with Crippen molar-refractivity contribution >= 4 is 15.9 Å². The van der Waals surface area contributed by atoms with E-state index in [0.717, 1.165) is 19.4 Å². The first-order valence-electron chi connectivity index (χ1n) is 6.69. The number of aromatic nitrogens is 4. The summed E-state index contributed by atoms with van der Waals surface area (Å²) in [6, 6.07) is 0. The van der Waals surface area contributed by atoms with E-state index in [1.807, 2.05) is 20.2 Å². The molecule has 1 fully saturated rings. The molecule has 7 heteroatoms. The van der Waals surface area contributed by atoms with E-state index in [4.69, 9.17) is 4.74 Å². The minimum atomic E-state index is -0.799. The Balaban J connectivity index is 1.94. The Morgan fingerprint density at radius 3 is 2.70 bits per heavy atom. The third-order valence-corrected chi connectivity index (χ3v) is 3.90. The average Bonchev–Trinajstić information content (AvgIpc) is 3.02. The summed E-state index contributed by atoms with van der Waals surface area (Å²) in [4.78, 5) is 0. The van der Waals surface area contributed by atoms with Crippen molar-refractivity contribution in [1.82, 2.24) is 19.6 Å². The lowest BCUT2D eigenvalue weighted by Gasteiger charge is -2.09. The molecular weight excluding hydrogens is 324 g/mol. The number of halogens is 1.